The van der Waals surface area contributed by atoms with Gasteiger partial charge in [0.25, 0.3) is 0 Å². The third-order valence-electron chi connectivity index (χ3n) is 1.44. The Balaban J connectivity index is 3.81. The van der Waals surface area contributed by atoms with Crippen LogP contribution in [0.4, 0.5) is 0 Å². The number of allylic oxidation sites excluding steroid dienone is 1. The summed E-state index contributed by atoms with van der Waals surface area (Å²) < 4.78 is 0. The van der Waals surface area contributed by atoms with Crippen molar-refractivity contribution < 1.29 is 0 Å². The van der Waals surface area contributed by atoms with Crippen LogP contribution in [0.1, 0.15) is 33.6 Å². The van der Waals surface area contributed by atoms with Crippen molar-refractivity contribution in [2.24, 2.45) is 5.41 Å². The predicted octanol–water partition coefficient (Wildman–Crippen LogP) is 3.00. The van der Waals surface area contributed by atoms with Gasteiger partial charge in [-0.15, -0.1) is 18.4 Å². The van der Waals surface area contributed by atoms with Crippen LogP contribution in [0.25, 0.3) is 0 Å². The first kappa shape index (κ1) is 9.30. The fourth-order valence-corrected chi connectivity index (χ4v) is 0.791. The normalized spacial score (nSPS) is 9.90. The summed E-state index contributed by atoms with van der Waals surface area (Å²) in [6.45, 7) is 10.00. The second-order valence-corrected chi connectivity index (χ2v) is 3.26. The molecule has 10 heavy (non-hydrogen) atoms. The van der Waals surface area contributed by atoms with Crippen molar-refractivity contribution in [3.8, 4) is 11.8 Å². The molecule has 0 aromatic rings. The van der Waals surface area contributed by atoms with E-state index < -0.39 is 0 Å². The van der Waals surface area contributed by atoms with Crippen LogP contribution in [0.3, 0.4) is 0 Å². The smallest absolute Gasteiger partial charge is 0.0143 e. The predicted molar refractivity (Wildman–Crippen MR) is 46.7 cm³/mol. The molecule has 0 amide bonds. The van der Waals surface area contributed by atoms with Gasteiger partial charge in [0, 0.05) is 6.42 Å². The highest BCUT2D eigenvalue weighted by Crippen LogP contribution is 2.24. The van der Waals surface area contributed by atoms with Crippen molar-refractivity contribution in [1.82, 2.24) is 0 Å². The Bertz CT molecular complexity index is 153. The Labute approximate surface area is 64.3 Å². The van der Waals surface area contributed by atoms with E-state index in [9.17, 15) is 0 Å². The van der Waals surface area contributed by atoms with Crippen molar-refractivity contribution in [3.05, 3.63) is 12.7 Å². The Morgan fingerprint density at radius 1 is 1.50 bits per heavy atom. The summed E-state index contributed by atoms with van der Waals surface area (Å²) in [6, 6.07) is 0. The summed E-state index contributed by atoms with van der Waals surface area (Å²) in [4.78, 5) is 0. The molecule has 0 N–H and O–H groups in total. The molecular formula is C10H16. The van der Waals surface area contributed by atoms with E-state index in [0.717, 1.165) is 12.8 Å². The van der Waals surface area contributed by atoms with E-state index in [1.54, 1.807) is 0 Å². The van der Waals surface area contributed by atoms with Gasteiger partial charge >= 0.3 is 0 Å². The fourth-order valence-electron chi connectivity index (χ4n) is 0.791. The summed E-state index contributed by atoms with van der Waals surface area (Å²) in [5.74, 6) is 5.97. The molecule has 0 aliphatic heterocycles. The first-order valence-electron chi connectivity index (χ1n) is 3.63. The van der Waals surface area contributed by atoms with Crippen LogP contribution in [-0.4, -0.2) is 0 Å². The van der Waals surface area contributed by atoms with Crippen LogP contribution in [0, 0.1) is 17.3 Å². The molecule has 0 radical (unpaired) electrons. The maximum Gasteiger partial charge on any atom is 0.0143 e. The Morgan fingerprint density at radius 3 is 2.50 bits per heavy atom. The van der Waals surface area contributed by atoms with Crippen LogP contribution in [-0.2, 0) is 0 Å². The van der Waals surface area contributed by atoms with Gasteiger partial charge in [0.05, 0.1) is 0 Å². The second-order valence-electron chi connectivity index (χ2n) is 3.26. The summed E-state index contributed by atoms with van der Waals surface area (Å²) in [6.07, 6.45) is 3.97. The fraction of sp³-hybridized carbons (Fsp3) is 0.600. The number of hydrogen-bond donors (Lipinski definition) is 0. The quantitative estimate of drug-likeness (QED) is 0.413. The van der Waals surface area contributed by atoms with E-state index >= 15 is 0 Å². The molecule has 0 heterocycles. The monoisotopic (exact) mass is 136 g/mol. The average Bonchev–Trinajstić information content (AvgIpc) is 1.84. The molecule has 0 nitrogen and oxygen atoms in total. The van der Waals surface area contributed by atoms with Gasteiger partial charge in [-0.25, -0.2) is 0 Å². The molecule has 0 bridgehead atoms. The van der Waals surface area contributed by atoms with E-state index in [1.807, 2.05) is 13.0 Å². The van der Waals surface area contributed by atoms with E-state index in [-0.39, 0.29) is 0 Å². The van der Waals surface area contributed by atoms with Gasteiger partial charge in [-0.2, -0.15) is 0 Å². The molecule has 0 aromatic carbocycles. The van der Waals surface area contributed by atoms with E-state index in [0.29, 0.717) is 5.41 Å². The Hall–Kier alpha value is -0.700. The molecule has 0 unspecified atom stereocenters. The third-order valence-corrected chi connectivity index (χ3v) is 1.44. The SMILES string of the molecule is C=CCC(C)(C)CC#CC. The highest BCUT2D eigenvalue weighted by atomic mass is 14.2. The minimum absolute atomic E-state index is 0.310. The Morgan fingerprint density at radius 2 is 2.10 bits per heavy atom. The van der Waals surface area contributed by atoms with Crippen molar-refractivity contribution in [3.63, 3.8) is 0 Å². The molecule has 0 aromatic heterocycles. The Kier molecular flexibility index (Phi) is 3.88. The molecule has 0 aliphatic rings. The lowest BCUT2D eigenvalue weighted by molar-refractivity contribution is 0.383. The molecule has 0 saturated heterocycles. The summed E-state index contributed by atoms with van der Waals surface area (Å²) >= 11 is 0. The lowest BCUT2D eigenvalue weighted by atomic mass is 9.86. The molecular weight excluding hydrogens is 120 g/mol. The van der Waals surface area contributed by atoms with Crippen molar-refractivity contribution in [2.75, 3.05) is 0 Å². The van der Waals surface area contributed by atoms with Crippen molar-refractivity contribution in [2.45, 2.75) is 33.6 Å². The van der Waals surface area contributed by atoms with Gasteiger partial charge in [-0.05, 0) is 18.8 Å². The van der Waals surface area contributed by atoms with Crippen LogP contribution in [0.5, 0.6) is 0 Å². The van der Waals surface area contributed by atoms with Crippen LogP contribution in [0.15, 0.2) is 12.7 Å². The largest absolute Gasteiger partial charge is 0.107 e. The van der Waals surface area contributed by atoms with Crippen LogP contribution >= 0.6 is 0 Å². The lowest BCUT2D eigenvalue weighted by Gasteiger charge is -2.18. The second kappa shape index (κ2) is 4.17. The highest BCUT2D eigenvalue weighted by Gasteiger charge is 2.13. The van der Waals surface area contributed by atoms with Gasteiger partial charge in [0.1, 0.15) is 0 Å². The number of hydrogen-bond acceptors (Lipinski definition) is 0. The van der Waals surface area contributed by atoms with Gasteiger partial charge < -0.3 is 0 Å². The molecule has 0 rings (SSSR count). The summed E-state index contributed by atoms with van der Waals surface area (Å²) in [5, 5.41) is 0. The molecule has 0 atom stereocenters. The molecule has 56 valence electrons. The van der Waals surface area contributed by atoms with Crippen molar-refractivity contribution in [1.29, 1.82) is 0 Å². The average molecular weight is 136 g/mol. The van der Waals surface area contributed by atoms with Gasteiger partial charge in [-0.3, -0.25) is 0 Å². The third kappa shape index (κ3) is 4.21. The standard InChI is InChI=1S/C10H16/c1-5-7-9-10(3,4)8-6-2/h6H,2,8-9H2,1,3-4H3. The number of rotatable bonds is 3. The first-order valence-corrected chi connectivity index (χ1v) is 3.63. The van der Waals surface area contributed by atoms with Crippen LogP contribution < -0.4 is 0 Å². The minimum Gasteiger partial charge on any atom is -0.107 e. The maximum absolute atomic E-state index is 3.71. The van der Waals surface area contributed by atoms with E-state index in [4.69, 9.17) is 0 Å². The molecule has 0 spiro atoms. The van der Waals surface area contributed by atoms with E-state index in [1.165, 1.54) is 0 Å². The lowest BCUT2D eigenvalue weighted by Crippen LogP contribution is -2.07. The van der Waals surface area contributed by atoms with Crippen molar-refractivity contribution >= 4 is 0 Å². The molecule has 0 heteroatoms. The minimum atomic E-state index is 0.310. The topological polar surface area (TPSA) is 0 Å². The van der Waals surface area contributed by atoms with Gasteiger partial charge in [0.2, 0.25) is 0 Å². The zero-order valence-electron chi connectivity index (χ0n) is 7.20. The molecule has 0 fully saturated rings. The zero-order chi connectivity index (χ0) is 8.04. The van der Waals surface area contributed by atoms with Gasteiger partial charge in [-0.1, -0.05) is 19.9 Å². The van der Waals surface area contributed by atoms with Gasteiger partial charge in [0.15, 0.2) is 0 Å². The first-order chi connectivity index (χ1) is 4.62. The highest BCUT2D eigenvalue weighted by molar-refractivity contribution is 4.99. The van der Waals surface area contributed by atoms with E-state index in [2.05, 4.69) is 32.3 Å². The maximum atomic E-state index is 3.71. The van der Waals surface area contributed by atoms with Crippen LogP contribution in [0.2, 0.25) is 0 Å². The molecule has 0 aliphatic carbocycles. The summed E-state index contributed by atoms with van der Waals surface area (Å²) in [7, 11) is 0. The summed E-state index contributed by atoms with van der Waals surface area (Å²) in [5.41, 5.74) is 0.310. The molecule has 0 saturated carbocycles. The zero-order valence-corrected chi connectivity index (χ0v) is 7.20.